The third kappa shape index (κ3) is 5.91. The summed E-state index contributed by atoms with van der Waals surface area (Å²) in [5.41, 5.74) is 0.607. The summed E-state index contributed by atoms with van der Waals surface area (Å²) in [6.07, 6.45) is -1.15. The largest absolute Gasteiger partial charge is 0.452 e. The van der Waals surface area contributed by atoms with Gasteiger partial charge in [0, 0.05) is 6.54 Å². The SMILES string of the molecule is CCNC(=O)NC(=O)[C@H](C)OC(=O)Cc1ccc(Cl)c(Cl)c1. The van der Waals surface area contributed by atoms with Crippen LogP contribution in [0.5, 0.6) is 0 Å². The summed E-state index contributed by atoms with van der Waals surface area (Å²) in [6.45, 7) is 3.47. The van der Waals surface area contributed by atoms with Gasteiger partial charge in [0.25, 0.3) is 5.91 Å². The number of carbonyl (C=O) groups is 3. The Morgan fingerprint density at radius 3 is 2.50 bits per heavy atom. The Balaban J connectivity index is 2.51. The molecule has 0 bridgehead atoms. The minimum Gasteiger partial charge on any atom is -0.452 e. The van der Waals surface area contributed by atoms with Gasteiger partial charge in [-0.05, 0) is 31.5 Å². The average molecular weight is 347 g/mol. The molecule has 3 amide bonds. The maximum absolute atomic E-state index is 11.8. The van der Waals surface area contributed by atoms with E-state index in [4.69, 9.17) is 27.9 Å². The first-order chi connectivity index (χ1) is 10.3. The summed E-state index contributed by atoms with van der Waals surface area (Å²) >= 11 is 11.6. The van der Waals surface area contributed by atoms with Gasteiger partial charge >= 0.3 is 12.0 Å². The number of rotatable bonds is 5. The van der Waals surface area contributed by atoms with Crippen molar-refractivity contribution in [1.82, 2.24) is 10.6 Å². The smallest absolute Gasteiger partial charge is 0.321 e. The first kappa shape index (κ1) is 18.3. The molecular formula is C14H16Cl2N2O4. The highest BCUT2D eigenvalue weighted by molar-refractivity contribution is 6.42. The third-order valence-corrected chi connectivity index (χ3v) is 3.32. The van der Waals surface area contributed by atoms with Gasteiger partial charge in [-0.3, -0.25) is 14.9 Å². The number of ether oxygens (including phenoxy) is 1. The van der Waals surface area contributed by atoms with Crippen LogP contribution in [0.1, 0.15) is 19.4 Å². The van der Waals surface area contributed by atoms with Crippen molar-refractivity contribution in [3.05, 3.63) is 33.8 Å². The Bertz CT molecular complexity index is 578. The normalized spacial score (nSPS) is 11.5. The van der Waals surface area contributed by atoms with Gasteiger partial charge in [0.05, 0.1) is 16.5 Å². The molecule has 0 aliphatic rings. The highest BCUT2D eigenvalue weighted by Crippen LogP contribution is 2.22. The lowest BCUT2D eigenvalue weighted by atomic mass is 10.1. The Morgan fingerprint density at radius 2 is 1.91 bits per heavy atom. The molecular weight excluding hydrogens is 331 g/mol. The van der Waals surface area contributed by atoms with Gasteiger partial charge in [-0.2, -0.15) is 0 Å². The number of amides is 3. The number of urea groups is 1. The van der Waals surface area contributed by atoms with E-state index in [1.807, 2.05) is 0 Å². The van der Waals surface area contributed by atoms with Crippen LogP contribution in [0.4, 0.5) is 4.79 Å². The van der Waals surface area contributed by atoms with Gasteiger partial charge < -0.3 is 10.1 Å². The number of hydrogen-bond donors (Lipinski definition) is 2. The van der Waals surface area contributed by atoms with Gasteiger partial charge in [-0.1, -0.05) is 29.3 Å². The van der Waals surface area contributed by atoms with E-state index in [-0.39, 0.29) is 6.42 Å². The second-order valence-corrected chi connectivity index (χ2v) is 5.22. The molecule has 22 heavy (non-hydrogen) atoms. The maximum Gasteiger partial charge on any atom is 0.321 e. The fourth-order valence-electron chi connectivity index (χ4n) is 1.53. The highest BCUT2D eigenvalue weighted by atomic mass is 35.5. The minimum absolute atomic E-state index is 0.0599. The van der Waals surface area contributed by atoms with Gasteiger partial charge in [0.15, 0.2) is 6.10 Å². The van der Waals surface area contributed by atoms with Crippen LogP contribution in [0.15, 0.2) is 18.2 Å². The first-order valence-electron chi connectivity index (χ1n) is 6.55. The molecule has 0 spiro atoms. The van der Waals surface area contributed by atoms with Crippen molar-refractivity contribution in [2.45, 2.75) is 26.4 Å². The molecule has 0 aliphatic heterocycles. The second-order valence-electron chi connectivity index (χ2n) is 4.41. The highest BCUT2D eigenvalue weighted by Gasteiger charge is 2.20. The summed E-state index contributed by atoms with van der Waals surface area (Å²) in [5.74, 6) is -1.31. The Morgan fingerprint density at radius 1 is 1.23 bits per heavy atom. The van der Waals surface area contributed by atoms with Crippen molar-refractivity contribution >= 4 is 41.1 Å². The topological polar surface area (TPSA) is 84.5 Å². The molecule has 8 heteroatoms. The number of halogens is 2. The summed E-state index contributed by atoms with van der Waals surface area (Å²) < 4.78 is 4.96. The van der Waals surface area contributed by atoms with E-state index in [0.29, 0.717) is 22.2 Å². The van der Waals surface area contributed by atoms with Crippen molar-refractivity contribution in [3.63, 3.8) is 0 Å². The molecule has 6 nitrogen and oxygen atoms in total. The molecule has 0 aromatic heterocycles. The molecule has 0 saturated carbocycles. The molecule has 1 aromatic rings. The van der Waals surface area contributed by atoms with Crippen molar-refractivity contribution in [2.75, 3.05) is 6.54 Å². The molecule has 1 atom stereocenters. The quantitative estimate of drug-likeness (QED) is 0.801. The number of nitrogens with one attached hydrogen (secondary N) is 2. The van der Waals surface area contributed by atoms with E-state index in [9.17, 15) is 14.4 Å². The maximum atomic E-state index is 11.8. The van der Waals surface area contributed by atoms with Crippen LogP contribution in [0.2, 0.25) is 10.0 Å². The molecule has 1 rings (SSSR count). The molecule has 0 heterocycles. The molecule has 0 radical (unpaired) electrons. The van der Waals surface area contributed by atoms with Gasteiger partial charge in [-0.25, -0.2) is 4.79 Å². The molecule has 0 unspecified atom stereocenters. The Hall–Kier alpha value is -1.79. The van der Waals surface area contributed by atoms with E-state index in [1.54, 1.807) is 25.1 Å². The van der Waals surface area contributed by atoms with Gasteiger partial charge in [0.1, 0.15) is 0 Å². The Labute approximate surface area is 138 Å². The fraction of sp³-hybridized carbons (Fsp3) is 0.357. The summed E-state index contributed by atoms with van der Waals surface area (Å²) in [6, 6.07) is 4.11. The number of carbonyl (C=O) groups excluding carboxylic acids is 3. The van der Waals surface area contributed by atoms with E-state index >= 15 is 0 Å². The lowest BCUT2D eigenvalue weighted by molar-refractivity contribution is -0.153. The monoisotopic (exact) mass is 346 g/mol. The van der Waals surface area contributed by atoms with Crippen LogP contribution in [0, 0.1) is 0 Å². The Kier molecular flexibility index (Phi) is 7.14. The summed E-state index contributed by atoms with van der Waals surface area (Å²) in [4.78, 5) is 34.6. The number of hydrogen-bond acceptors (Lipinski definition) is 4. The molecule has 0 saturated heterocycles. The average Bonchev–Trinajstić information content (AvgIpc) is 2.42. The molecule has 0 aliphatic carbocycles. The number of benzene rings is 1. The van der Waals surface area contributed by atoms with Crippen molar-refractivity contribution < 1.29 is 19.1 Å². The number of imide groups is 1. The van der Waals surface area contributed by atoms with E-state index in [2.05, 4.69) is 10.6 Å². The van der Waals surface area contributed by atoms with Crippen LogP contribution in [0.25, 0.3) is 0 Å². The van der Waals surface area contributed by atoms with E-state index < -0.39 is 24.0 Å². The van der Waals surface area contributed by atoms with Crippen LogP contribution in [-0.2, 0) is 20.7 Å². The van der Waals surface area contributed by atoms with Gasteiger partial charge in [-0.15, -0.1) is 0 Å². The fourth-order valence-corrected chi connectivity index (χ4v) is 1.85. The second kappa shape index (κ2) is 8.60. The number of esters is 1. The standard InChI is InChI=1S/C14H16Cl2N2O4/c1-3-17-14(21)18-13(20)8(2)22-12(19)7-9-4-5-10(15)11(16)6-9/h4-6,8H,3,7H2,1-2H3,(H2,17,18,20,21)/t8-/m0/s1. The molecule has 1 aromatic carbocycles. The lowest BCUT2D eigenvalue weighted by Gasteiger charge is -2.13. The van der Waals surface area contributed by atoms with Crippen molar-refractivity contribution in [3.8, 4) is 0 Å². The molecule has 120 valence electrons. The zero-order chi connectivity index (χ0) is 16.7. The molecule has 2 N–H and O–H groups in total. The first-order valence-corrected chi connectivity index (χ1v) is 7.31. The predicted molar refractivity (Wildman–Crippen MR) is 82.9 cm³/mol. The third-order valence-electron chi connectivity index (χ3n) is 2.58. The summed E-state index contributed by atoms with van der Waals surface area (Å²) in [5, 5.41) is 5.17. The van der Waals surface area contributed by atoms with Gasteiger partial charge in [0.2, 0.25) is 0 Å². The zero-order valence-electron chi connectivity index (χ0n) is 12.1. The zero-order valence-corrected chi connectivity index (χ0v) is 13.6. The minimum atomic E-state index is -1.09. The lowest BCUT2D eigenvalue weighted by Crippen LogP contribution is -2.44. The van der Waals surface area contributed by atoms with Crippen LogP contribution in [-0.4, -0.2) is 30.6 Å². The summed E-state index contributed by atoms with van der Waals surface area (Å²) in [7, 11) is 0. The van der Waals surface area contributed by atoms with Crippen LogP contribution in [0.3, 0.4) is 0 Å². The van der Waals surface area contributed by atoms with Crippen LogP contribution < -0.4 is 10.6 Å². The van der Waals surface area contributed by atoms with Crippen molar-refractivity contribution in [2.24, 2.45) is 0 Å². The van der Waals surface area contributed by atoms with E-state index in [1.165, 1.54) is 6.92 Å². The predicted octanol–water partition coefficient (Wildman–Crippen LogP) is 2.31. The van der Waals surface area contributed by atoms with Crippen molar-refractivity contribution in [1.29, 1.82) is 0 Å². The van der Waals surface area contributed by atoms with E-state index in [0.717, 1.165) is 0 Å². The molecule has 0 fully saturated rings. The van der Waals surface area contributed by atoms with Crippen LogP contribution >= 0.6 is 23.2 Å².